The Morgan fingerprint density at radius 1 is 0.632 bits per heavy atom. The van der Waals surface area contributed by atoms with Crippen molar-refractivity contribution in [3.63, 3.8) is 0 Å². The van der Waals surface area contributed by atoms with Crippen LogP contribution in [-0.4, -0.2) is 28.8 Å². The van der Waals surface area contributed by atoms with Gasteiger partial charge in [0, 0.05) is 13.1 Å². The van der Waals surface area contributed by atoms with Gasteiger partial charge in [-0.1, -0.05) is 50.4 Å². The van der Waals surface area contributed by atoms with Crippen molar-refractivity contribution >= 4 is 13.2 Å². The van der Waals surface area contributed by atoms with E-state index in [1.807, 2.05) is 5.30 Å². The summed E-state index contributed by atoms with van der Waals surface area (Å²) in [4.78, 5) is 2.51. The number of likely N-dealkylation sites (N-methyl/N-ethyl adjacent to an activating group) is 1. The van der Waals surface area contributed by atoms with Crippen LogP contribution in [0.15, 0.2) is 42.5 Å². The molecule has 8 fully saturated rings. The average molecular weight is 524 g/mol. The van der Waals surface area contributed by atoms with Crippen molar-refractivity contribution in [1.29, 1.82) is 0 Å². The predicted octanol–water partition coefficient (Wildman–Crippen LogP) is 8.39. The molecule has 9 aliphatic rings. The van der Waals surface area contributed by atoms with Crippen molar-refractivity contribution in [1.82, 2.24) is 4.90 Å². The maximum Gasteiger partial charge on any atom is 0.0233 e. The number of hydrogen-bond acceptors (Lipinski definition) is 1. The largest absolute Gasteiger partial charge is 0.302 e. The van der Waals surface area contributed by atoms with Crippen molar-refractivity contribution < 1.29 is 0 Å². The molecule has 0 saturated heterocycles. The molecule has 38 heavy (non-hydrogen) atoms. The van der Waals surface area contributed by atoms with Gasteiger partial charge >= 0.3 is 0 Å². The van der Waals surface area contributed by atoms with Crippen LogP contribution in [-0.2, 0) is 13.0 Å². The summed E-state index contributed by atoms with van der Waals surface area (Å²) in [7, 11) is 2.11. The van der Waals surface area contributed by atoms with Crippen molar-refractivity contribution in [3.05, 3.63) is 53.6 Å². The SMILES string of the molecule is CN1CCc2c(cccc2-c2ccccc2P(C23CC4CC(CC(C4)C2)C3)C23CC4CC(CC(C4)C2)C3)C1. The van der Waals surface area contributed by atoms with Crippen LogP contribution in [0.1, 0.15) is 88.2 Å². The third kappa shape index (κ3) is 3.49. The van der Waals surface area contributed by atoms with E-state index >= 15 is 0 Å². The van der Waals surface area contributed by atoms with E-state index in [0.29, 0.717) is 10.3 Å². The van der Waals surface area contributed by atoms with E-state index in [4.69, 9.17) is 0 Å². The van der Waals surface area contributed by atoms with Crippen LogP contribution in [0.5, 0.6) is 0 Å². The lowest BCUT2D eigenvalue weighted by atomic mass is 9.55. The summed E-state index contributed by atoms with van der Waals surface area (Å²) in [5, 5.41) is 3.14. The first-order chi connectivity index (χ1) is 18.6. The Kier molecular flexibility index (Phi) is 5.22. The van der Waals surface area contributed by atoms with Gasteiger partial charge in [0.05, 0.1) is 0 Å². The molecule has 0 amide bonds. The van der Waals surface area contributed by atoms with Crippen LogP contribution in [0, 0.1) is 35.5 Å². The summed E-state index contributed by atoms with van der Waals surface area (Å²) in [6, 6.07) is 17.4. The molecule has 1 nitrogen and oxygen atoms in total. The summed E-state index contributed by atoms with van der Waals surface area (Å²) in [6.45, 7) is 2.31. The zero-order valence-electron chi connectivity index (χ0n) is 23.5. The maximum absolute atomic E-state index is 2.69. The highest BCUT2D eigenvalue weighted by molar-refractivity contribution is 7.69. The molecule has 11 rings (SSSR count). The molecule has 0 N–H and O–H groups in total. The lowest BCUT2D eigenvalue weighted by Gasteiger charge is -2.67. The lowest BCUT2D eigenvalue weighted by Crippen LogP contribution is -2.58. The highest BCUT2D eigenvalue weighted by atomic mass is 31.1. The van der Waals surface area contributed by atoms with Gasteiger partial charge in [-0.05, 0) is 164 Å². The number of rotatable bonds is 4. The number of fused-ring (bicyclic) bond motifs is 1. The molecule has 0 unspecified atom stereocenters. The molecule has 0 aromatic heterocycles. The summed E-state index contributed by atoms with van der Waals surface area (Å²) < 4.78 is 0. The molecular weight excluding hydrogens is 477 g/mol. The van der Waals surface area contributed by atoms with Gasteiger partial charge < -0.3 is 4.90 Å². The van der Waals surface area contributed by atoms with Gasteiger partial charge in [-0.25, -0.2) is 0 Å². The second-order valence-corrected chi connectivity index (χ2v) is 18.6. The van der Waals surface area contributed by atoms with Gasteiger partial charge in [-0.15, -0.1) is 0 Å². The lowest BCUT2D eigenvalue weighted by molar-refractivity contribution is 0.0195. The topological polar surface area (TPSA) is 3.24 Å². The maximum atomic E-state index is 2.69. The van der Waals surface area contributed by atoms with Gasteiger partial charge in [-0.3, -0.25) is 0 Å². The Hall–Kier alpha value is -1.17. The van der Waals surface area contributed by atoms with Crippen LogP contribution in [0.25, 0.3) is 11.1 Å². The summed E-state index contributed by atoms with van der Waals surface area (Å²) in [6.07, 6.45) is 20.1. The van der Waals surface area contributed by atoms with Crippen molar-refractivity contribution in [3.8, 4) is 11.1 Å². The van der Waals surface area contributed by atoms with E-state index < -0.39 is 0 Å². The first kappa shape index (κ1) is 23.5. The predicted molar refractivity (Wildman–Crippen MR) is 160 cm³/mol. The Morgan fingerprint density at radius 2 is 1.13 bits per heavy atom. The molecule has 2 heteroatoms. The molecule has 8 aliphatic carbocycles. The van der Waals surface area contributed by atoms with Crippen molar-refractivity contribution in [2.75, 3.05) is 13.6 Å². The Morgan fingerprint density at radius 3 is 1.68 bits per heavy atom. The zero-order chi connectivity index (χ0) is 25.1. The second kappa shape index (κ2) is 8.42. The standard InChI is InChI=1S/C36H46NP/c1-37-10-9-31-30(23-37)5-4-7-32(31)33-6-2-3-8-34(33)38(35-17-24-11-25(18-35)13-26(12-24)19-35)36-20-27-14-28(21-36)16-29(15-27)22-36/h2-8,24-29H,9-23H2,1H3. The van der Waals surface area contributed by atoms with Crippen molar-refractivity contribution in [2.24, 2.45) is 35.5 Å². The smallest absolute Gasteiger partial charge is 0.0233 e. The fourth-order valence-corrected chi connectivity index (χ4v) is 17.9. The van der Waals surface area contributed by atoms with E-state index in [1.54, 1.807) is 99.3 Å². The summed E-state index contributed by atoms with van der Waals surface area (Å²) >= 11 is 0. The molecule has 1 heterocycles. The van der Waals surface area contributed by atoms with E-state index in [9.17, 15) is 0 Å². The van der Waals surface area contributed by atoms with Gasteiger partial charge in [0.2, 0.25) is 0 Å². The molecule has 2 aromatic rings. The Balaban J connectivity index is 1.24. The number of benzene rings is 2. The minimum Gasteiger partial charge on any atom is -0.302 e. The fraction of sp³-hybridized carbons (Fsp3) is 0.667. The second-order valence-electron chi connectivity index (χ2n) is 15.6. The number of hydrogen-bond donors (Lipinski definition) is 0. The molecule has 200 valence electrons. The van der Waals surface area contributed by atoms with Crippen LogP contribution in [0.3, 0.4) is 0 Å². The minimum absolute atomic E-state index is 0.181. The molecule has 0 radical (unpaired) electrons. The van der Waals surface area contributed by atoms with E-state index in [2.05, 4.69) is 54.4 Å². The highest BCUT2D eigenvalue weighted by Crippen LogP contribution is 2.78. The van der Waals surface area contributed by atoms with Crippen LogP contribution < -0.4 is 5.30 Å². The Labute approximate surface area is 231 Å². The van der Waals surface area contributed by atoms with Gasteiger partial charge in [0.1, 0.15) is 0 Å². The highest BCUT2D eigenvalue weighted by Gasteiger charge is 2.63. The van der Waals surface area contributed by atoms with E-state index in [0.717, 1.165) is 42.1 Å². The fourth-order valence-electron chi connectivity index (χ4n) is 12.6. The van der Waals surface area contributed by atoms with E-state index in [1.165, 1.54) is 13.0 Å². The zero-order valence-corrected chi connectivity index (χ0v) is 24.4. The van der Waals surface area contributed by atoms with Gasteiger partial charge in [0.25, 0.3) is 0 Å². The monoisotopic (exact) mass is 523 g/mol. The molecular formula is C36H46NP. The molecule has 0 atom stereocenters. The molecule has 0 spiro atoms. The Bertz CT molecular complexity index is 1150. The minimum atomic E-state index is -0.181. The summed E-state index contributed by atoms with van der Waals surface area (Å²) in [5.74, 6) is 6.29. The first-order valence-corrected chi connectivity index (χ1v) is 17.6. The van der Waals surface area contributed by atoms with Gasteiger partial charge in [-0.2, -0.15) is 0 Å². The molecule has 8 saturated carbocycles. The number of nitrogens with zero attached hydrogens (tertiary/aromatic N) is 1. The summed E-state index contributed by atoms with van der Waals surface area (Å²) in [5.41, 5.74) is 6.52. The quantitative estimate of drug-likeness (QED) is 0.364. The first-order valence-electron chi connectivity index (χ1n) is 16.2. The van der Waals surface area contributed by atoms with Crippen molar-refractivity contribution in [2.45, 2.75) is 100 Å². The molecule has 8 bridgehead atoms. The van der Waals surface area contributed by atoms with Crippen LogP contribution in [0.4, 0.5) is 0 Å². The van der Waals surface area contributed by atoms with Crippen LogP contribution in [0.2, 0.25) is 0 Å². The van der Waals surface area contributed by atoms with Gasteiger partial charge in [0.15, 0.2) is 0 Å². The van der Waals surface area contributed by atoms with E-state index in [-0.39, 0.29) is 7.92 Å². The normalized spacial score (nSPS) is 43.4. The molecule has 2 aromatic carbocycles. The molecule has 1 aliphatic heterocycles. The average Bonchev–Trinajstić information content (AvgIpc) is 2.87. The van der Waals surface area contributed by atoms with Crippen LogP contribution >= 0.6 is 7.92 Å². The third-order valence-corrected chi connectivity index (χ3v) is 16.7. The third-order valence-electron chi connectivity index (χ3n) is 12.9.